The van der Waals surface area contributed by atoms with E-state index in [1.165, 1.54) is 0 Å². The quantitative estimate of drug-likeness (QED) is 0.459. The van der Waals surface area contributed by atoms with Gasteiger partial charge < -0.3 is 10.1 Å². The molecule has 31 heavy (non-hydrogen) atoms. The van der Waals surface area contributed by atoms with Crippen molar-refractivity contribution in [1.82, 2.24) is 10.3 Å². The maximum atomic E-state index is 12.5. The topological polar surface area (TPSA) is 97.4 Å². The van der Waals surface area contributed by atoms with Crippen LogP contribution in [0.5, 0.6) is 5.75 Å². The van der Waals surface area contributed by atoms with E-state index in [-0.39, 0.29) is 18.1 Å². The average Bonchev–Trinajstić information content (AvgIpc) is 3.15. The summed E-state index contributed by atoms with van der Waals surface area (Å²) in [5.74, 6) is 0.331. The molecule has 2 N–H and O–H groups in total. The number of anilines is 1. The summed E-state index contributed by atoms with van der Waals surface area (Å²) in [7, 11) is -1.88. The fourth-order valence-corrected chi connectivity index (χ4v) is 5.19. The summed E-state index contributed by atoms with van der Waals surface area (Å²) >= 11 is 13.0. The first-order valence-electron chi connectivity index (χ1n) is 9.00. The SMILES string of the molecule is COc1ccc(CS(=O)(=O)Cc2csc(NC(=O)NCc3ccc(Cl)c(Cl)c3)n2)cc1. The Morgan fingerprint density at radius 2 is 1.77 bits per heavy atom. The van der Waals surface area contributed by atoms with Gasteiger partial charge in [0.1, 0.15) is 5.75 Å². The van der Waals surface area contributed by atoms with E-state index in [4.69, 9.17) is 27.9 Å². The lowest BCUT2D eigenvalue weighted by Crippen LogP contribution is -2.28. The highest BCUT2D eigenvalue weighted by molar-refractivity contribution is 7.89. The zero-order chi connectivity index (χ0) is 22.4. The summed E-state index contributed by atoms with van der Waals surface area (Å²) in [4.78, 5) is 16.3. The molecule has 3 aromatic rings. The lowest BCUT2D eigenvalue weighted by molar-refractivity contribution is 0.251. The Morgan fingerprint density at radius 1 is 1.06 bits per heavy atom. The number of hydrogen-bond donors (Lipinski definition) is 2. The van der Waals surface area contributed by atoms with E-state index < -0.39 is 15.9 Å². The predicted octanol–water partition coefficient (Wildman–Crippen LogP) is 4.90. The number of thiazole rings is 1. The zero-order valence-corrected chi connectivity index (χ0v) is 19.5. The number of sulfone groups is 1. The van der Waals surface area contributed by atoms with Gasteiger partial charge in [0.15, 0.2) is 15.0 Å². The molecule has 1 aromatic heterocycles. The molecule has 0 radical (unpaired) electrons. The Morgan fingerprint density at radius 3 is 2.45 bits per heavy atom. The van der Waals surface area contributed by atoms with Gasteiger partial charge >= 0.3 is 6.03 Å². The molecule has 11 heteroatoms. The van der Waals surface area contributed by atoms with Crippen molar-refractivity contribution in [2.24, 2.45) is 0 Å². The minimum Gasteiger partial charge on any atom is -0.497 e. The number of nitrogens with zero attached hydrogens (tertiary/aromatic N) is 1. The van der Waals surface area contributed by atoms with Crippen molar-refractivity contribution < 1.29 is 17.9 Å². The molecule has 2 amide bonds. The molecular weight excluding hydrogens is 481 g/mol. The standard InChI is InChI=1S/C20H19Cl2N3O4S2/c1-29-16-5-2-13(3-6-16)11-31(27,28)12-15-10-30-20(24-15)25-19(26)23-9-14-4-7-17(21)18(22)8-14/h2-8,10H,9,11-12H2,1H3,(H2,23,24,25,26). The van der Waals surface area contributed by atoms with E-state index in [9.17, 15) is 13.2 Å². The zero-order valence-electron chi connectivity index (χ0n) is 16.4. The van der Waals surface area contributed by atoms with Gasteiger partial charge in [-0.15, -0.1) is 11.3 Å². The fraction of sp³-hybridized carbons (Fsp3) is 0.200. The number of methoxy groups -OCH3 is 1. The van der Waals surface area contributed by atoms with E-state index in [1.54, 1.807) is 55.0 Å². The van der Waals surface area contributed by atoms with Gasteiger partial charge in [-0.05, 0) is 35.4 Å². The predicted molar refractivity (Wildman–Crippen MR) is 124 cm³/mol. The highest BCUT2D eigenvalue weighted by Gasteiger charge is 2.16. The largest absolute Gasteiger partial charge is 0.497 e. The Kier molecular flexibility index (Phi) is 7.77. The first kappa shape index (κ1) is 23.3. The summed E-state index contributed by atoms with van der Waals surface area (Å²) in [5.41, 5.74) is 1.82. The highest BCUT2D eigenvalue weighted by atomic mass is 35.5. The van der Waals surface area contributed by atoms with Crippen LogP contribution in [-0.2, 0) is 27.9 Å². The van der Waals surface area contributed by atoms with Crippen LogP contribution < -0.4 is 15.4 Å². The molecule has 0 saturated heterocycles. The maximum Gasteiger partial charge on any atom is 0.321 e. The number of carbonyl (C=O) groups excluding carboxylic acids is 1. The van der Waals surface area contributed by atoms with Gasteiger partial charge in [0.05, 0.1) is 34.4 Å². The molecule has 0 aliphatic heterocycles. The lowest BCUT2D eigenvalue weighted by Gasteiger charge is -2.06. The van der Waals surface area contributed by atoms with Gasteiger partial charge in [0.25, 0.3) is 0 Å². The first-order valence-corrected chi connectivity index (χ1v) is 12.5. The van der Waals surface area contributed by atoms with Crippen LogP contribution in [0.25, 0.3) is 0 Å². The summed E-state index contributed by atoms with van der Waals surface area (Å²) in [6, 6.07) is 11.5. The van der Waals surface area contributed by atoms with Gasteiger partial charge in [0.2, 0.25) is 0 Å². The molecule has 2 aromatic carbocycles. The van der Waals surface area contributed by atoms with Crippen LogP contribution in [0.3, 0.4) is 0 Å². The minimum atomic E-state index is -3.42. The van der Waals surface area contributed by atoms with Crippen molar-refractivity contribution in [2.45, 2.75) is 18.1 Å². The number of halogens is 2. The lowest BCUT2D eigenvalue weighted by atomic mass is 10.2. The van der Waals surface area contributed by atoms with Gasteiger partial charge in [-0.1, -0.05) is 41.4 Å². The normalized spacial score (nSPS) is 11.2. The smallest absolute Gasteiger partial charge is 0.321 e. The highest BCUT2D eigenvalue weighted by Crippen LogP contribution is 2.23. The number of rotatable bonds is 8. The van der Waals surface area contributed by atoms with Crippen LogP contribution in [0.4, 0.5) is 9.93 Å². The third-order valence-electron chi connectivity index (χ3n) is 4.12. The van der Waals surface area contributed by atoms with E-state index >= 15 is 0 Å². The second-order valence-electron chi connectivity index (χ2n) is 6.58. The van der Waals surface area contributed by atoms with E-state index in [1.807, 2.05) is 0 Å². The van der Waals surface area contributed by atoms with Gasteiger partial charge in [0, 0.05) is 11.9 Å². The average molecular weight is 500 g/mol. The molecular formula is C20H19Cl2N3O4S2. The van der Waals surface area contributed by atoms with Crippen LogP contribution in [0.1, 0.15) is 16.8 Å². The number of amides is 2. The Balaban J connectivity index is 1.52. The van der Waals surface area contributed by atoms with Gasteiger partial charge in [-0.3, -0.25) is 5.32 Å². The van der Waals surface area contributed by atoms with Crippen molar-refractivity contribution in [3.8, 4) is 5.75 Å². The van der Waals surface area contributed by atoms with Crippen molar-refractivity contribution in [2.75, 3.05) is 12.4 Å². The number of ether oxygens (including phenoxy) is 1. The molecule has 7 nitrogen and oxygen atoms in total. The number of aromatic nitrogens is 1. The second kappa shape index (κ2) is 10.3. The molecule has 0 atom stereocenters. The van der Waals surface area contributed by atoms with E-state index in [0.29, 0.717) is 32.2 Å². The molecule has 0 unspecified atom stereocenters. The number of carbonyl (C=O) groups is 1. The monoisotopic (exact) mass is 499 g/mol. The van der Waals surface area contributed by atoms with Gasteiger partial charge in [-0.2, -0.15) is 0 Å². The number of nitrogens with one attached hydrogen (secondary N) is 2. The first-order chi connectivity index (χ1) is 14.7. The van der Waals surface area contributed by atoms with Crippen molar-refractivity contribution in [3.63, 3.8) is 0 Å². The Labute approximate surface area is 194 Å². The number of hydrogen-bond acceptors (Lipinski definition) is 6. The molecule has 164 valence electrons. The number of benzene rings is 2. The Bertz CT molecular complexity index is 1170. The van der Waals surface area contributed by atoms with Crippen LogP contribution in [0.2, 0.25) is 10.0 Å². The van der Waals surface area contributed by atoms with Gasteiger partial charge in [-0.25, -0.2) is 18.2 Å². The van der Waals surface area contributed by atoms with Crippen LogP contribution in [0, 0.1) is 0 Å². The third-order valence-corrected chi connectivity index (χ3v) is 7.18. The minimum absolute atomic E-state index is 0.110. The van der Waals surface area contributed by atoms with Crippen LogP contribution in [0.15, 0.2) is 47.8 Å². The van der Waals surface area contributed by atoms with Crippen molar-refractivity contribution in [1.29, 1.82) is 0 Å². The molecule has 0 spiro atoms. The van der Waals surface area contributed by atoms with E-state index in [0.717, 1.165) is 16.9 Å². The second-order valence-corrected chi connectivity index (χ2v) is 10.3. The Hall–Kier alpha value is -2.33. The molecule has 1 heterocycles. The maximum absolute atomic E-state index is 12.5. The molecule has 0 bridgehead atoms. The van der Waals surface area contributed by atoms with Crippen molar-refractivity contribution >= 4 is 55.5 Å². The fourth-order valence-electron chi connectivity index (χ4n) is 2.66. The molecule has 3 rings (SSSR count). The molecule has 0 aliphatic carbocycles. The van der Waals surface area contributed by atoms with Crippen molar-refractivity contribution in [3.05, 3.63) is 74.7 Å². The van der Waals surface area contributed by atoms with Crippen LogP contribution >= 0.6 is 34.5 Å². The van der Waals surface area contributed by atoms with E-state index in [2.05, 4.69) is 15.6 Å². The molecule has 0 fully saturated rings. The number of urea groups is 1. The summed E-state index contributed by atoms with van der Waals surface area (Å²) in [5, 5.41) is 8.04. The third kappa shape index (κ3) is 7.10. The van der Waals surface area contributed by atoms with Crippen LogP contribution in [-0.4, -0.2) is 26.5 Å². The summed E-state index contributed by atoms with van der Waals surface area (Å²) in [6.07, 6.45) is 0. The summed E-state index contributed by atoms with van der Waals surface area (Å²) in [6.45, 7) is 0.247. The molecule has 0 saturated carbocycles. The summed E-state index contributed by atoms with van der Waals surface area (Å²) < 4.78 is 30.0. The molecule has 0 aliphatic rings.